The number of rotatable bonds is 6. The molecule has 0 aliphatic carbocycles. The number of hydrogen-bond donors (Lipinski definition) is 3. The second kappa shape index (κ2) is 9.14. The summed E-state index contributed by atoms with van der Waals surface area (Å²) >= 11 is 1.12. The normalized spacial score (nSPS) is 12.1. The molecule has 9 nitrogen and oxygen atoms in total. The summed E-state index contributed by atoms with van der Waals surface area (Å²) in [4.78, 5) is 28.3. The summed E-state index contributed by atoms with van der Waals surface area (Å²) in [5.41, 5.74) is 1.52. The lowest BCUT2D eigenvalue weighted by molar-refractivity contribution is -0.117. The van der Waals surface area contributed by atoms with Crippen molar-refractivity contribution in [2.24, 2.45) is 0 Å². The first-order valence-electron chi connectivity index (χ1n) is 8.94. The van der Waals surface area contributed by atoms with Crippen molar-refractivity contribution in [1.29, 1.82) is 0 Å². The van der Waals surface area contributed by atoms with Gasteiger partial charge in [0.05, 0.1) is 5.75 Å². The molecule has 4 rings (SSSR count). The van der Waals surface area contributed by atoms with E-state index in [1.807, 2.05) is 36.4 Å². The summed E-state index contributed by atoms with van der Waals surface area (Å²) in [7, 11) is 0. The molecular formula is C20H17N5O4S. The lowest BCUT2D eigenvalue weighted by Crippen LogP contribution is -2.35. The monoisotopic (exact) mass is 423 g/mol. The van der Waals surface area contributed by atoms with Gasteiger partial charge in [0, 0.05) is 11.8 Å². The highest BCUT2D eigenvalue weighted by atomic mass is 32.2. The second-order valence-electron chi connectivity index (χ2n) is 6.11. The number of ether oxygens (including phenoxy) is 2. The van der Waals surface area contributed by atoms with Crippen molar-refractivity contribution in [3.63, 3.8) is 0 Å². The molecule has 2 heterocycles. The zero-order valence-corrected chi connectivity index (χ0v) is 16.4. The molecule has 0 atom stereocenters. The number of anilines is 1. The second-order valence-corrected chi connectivity index (χ2v) is 7.05. The first-order valence-corrected chi connectivity index (χ1v) is 9.93. The average molecular weight is 423 g/mol. The maximum atomic E-state index is 12.0. The van der Waals surface area contributed by atoms with E-state index in [1.165, 1.54) is 0 Å². The molecule has 0 unspecified atom stereocenters. The van der Waals surface area contributed by atoms with E-state index in [2.05, 4.69) is 25.8 Å². The summed E-state index contributed by atoms with van der Waals surface area (Å²) < 4.78 is 10.5. The topological polar surface area (TPSA) is 118 Å². The van der Waals surface area contributed by atoms with Gasteiger partial charge in [0.2, 0.25) is 17.9 Å². The van der Waals surface area contributed by atoms with Crippen LogP contribution in [0.15, 0.2) is 53.7 Å². The SMILES string of the molecule is O=C(CSc1n[nH]c(/C=C/c2ccccc2)n1)NC(=O)Nc1ccc2c(c1)OCO2. The Hall–Kier alpha value is -3.79. The van der Waals surface area contributed by atoms with Crippen LogP contribution in [-0.2, 0) is 4.79 Å². The van der Waals surface area contributed by atoms with Gasteiger partial charge in [0.15, 0.2) is 11.5 Å². The van der Waals surface area contributed by atoms with Gasteiger partial charge in [0.1, 0.15) is 5.82 Å². The molecule has 0 saturated heterocycles. The third kappa shape index (κ3) is 5.17. The molecule has 3 N–H and O–H groups in total. The summed E-state index contributed by atoms with van der Waals surface area (Å²) in [6.45, 7) is 0.145. The minimum Gasteiger partial charge on any atom is -0.454 e. The fourth-order valence-electron chi connectivity index (χ4n) is 2.57. The molecule has 1 aliphatic heterocycles. The zero-order valence-electron chi connectivity index (χ0n) is 15.6. The van der Waals surface area contributed by atoms with Crippen molar-refractivity contribution >= 4 is 41.5 Å². The standard InChI is InChI=1S/C20H17N5O4S/c26-18(23-19(27)21-14-7-8-15-16(10-14)29-12-28-15)11-30-20-22-17(24-25-20)9-6-13-4-2-1-3-5-13/h1-10H,11-12H2,(H,22,24,25)(H2,21,23,26,27)/b9-6+. The van der Waals surface area contributed by atoms with Gasteiger partial charge >= 0.3 is 6.03 Å². The van der Waals surface area contributed by atoms with Crippen LogP contribution >= 0.6 is 11.8 Å². The molecule has 3 aromatic rings. The molecular weight excluding hydrogens is 406 g/mol. The Balaban J connectivity index is 1.23. The Morgan fingerprint density at radius 2 is 1.93 bits per heavy atom. The van der Waals surface area contributed by atoms with Crippen LogP contribution in [0.3, 0.4) is 0 Å². The first-order chi connectivity index (χ1) is 14.7. The van der Waals surface area contributed by atoms with Crippen LogP contribution in [0.25, 0.3) is 12.2 Å². The molecule has 0 bridgehead atoms. The number of hydrogen-bond acceptors (Lipinski definition) is 7. The molecule has 152 valence electrons. The maximum absolute atomic E-state index is 12.0. The van der Waals surface area contributed by atoms with Gasteiger partial charge in [-0.1, -0.05) is 48.2 Å². The Kier molecular flexibility index (Phi) is 5.95. The molecule has 0 saturated carbocycles. The summed E-state index contributed by atoms with van der Waals surface area (Å²) in [6.07, 6.45) is 3.70. The van der Waals surface area contributed by atoms with Crippen LogP contribution in [0.2, 0.25) is 0 Å². The average Bonchev–Trinajstić information content (AvgIpc) is 3.40. The Bertz CT molecular complexity index is 1080. The van der Waals surface area contributed by atoms with Crippen molar-refractivity contribution < 1.29 is 19.1 Å². The third-order valence-corrected chi connectivity index (χ3v) is 4.78. The quantitative estimate of drug-likeness (QED) is 0.521. The number of carbonyl (C=O) groups is 2. The molecule has 1 aromatic heterocycles. The maximum Gasteiger partial charge on any atom is 0.325 e. The number of thioether (sulfide) groups is 1. The number of aromatic amines is 1. The Morgan fingerprint density at radius 3 is 2.80 bits per heavy atom. The number of benzene rings is 2. The molecule has 0 radical (unpaired) electrons. The van der Waals surface area contributed by atoms with Gasteiger partial charge in [-0.3, -0.25) is 15.2 Å². The Morgan fingerprint density at radius 1 is 1.10 bits per heavy atom. The van der Waals surface area contributed by atoms with E-state index in [9.17, 15) is 9.59 Å². The highest BCUT2D eigenvalue weighted by Gasteiger charge is 2.15. The highest BCUT2D eigenvalue weighted by Crippen LogP contribution is 2.34. The van der Waals surface area contributed by atoms with Gasteiger partial charge in [0.25, 0.3) is 0 Å². The first kappa shape index (κ1) is 19.5. The van der Waals surface area contributed by atoms with Crippen molar-refractivity contribution in [2.45, 2.75) is 5.16 Å². The van der Waals surface area contributed by atoms with Gasteiger partial charge in [-0.15, -0.1) is 5.10 Å². The molecule has 0 spiro atoms. The molecule has 10 heteroatoms. The third-order valence-electron chi connectivity index (χ3n) is 3.93. The number of nitrogens with one attached hydrogen (secondary N) is 3. The minimum absolute atomic E-state index is 0.00570. The van der Waals surface area contributed by atoms with Crippen LogP contribution in [-0.4, -0.2) is 39.7 Å². The lowest BCUT2D eigenvalue weighted by atomic mass is 10.2. The van der Waals surface area contributed by atoms with Gasteiger partial charge in [-0.05, 0) is 23.8 Å². The predicted octanol–water partition coefficient (Wildman–Crippen LogP) is 3.14. The number of nitrogens with zero attached hydrogens (tertiary/aromatic N) is 2. The number of amides is 3. The zero-order chi connectivity index (χ0) is 20.8. The van der Waals surface area contributed by atoms with E-state index in [0.29, 0.717) is 28.2 Å². The number of imide groups is 1. The number of fused-ring (bicyclic) bond motifs is 1. The van der Waals surface area contributed by atoms with Crippen molar-refractivity contribution in [2.75, 3.05) is 17.9 Å². The fraction of sp³-hybridized carbons (Fsp3) is 0.100. The molecule has 0 fully saturated rings. The van der Waals surface area contributed by atoms with E-state index < -0.39 is 11.9 Å². The van der Waals surface area contributed by atoms with E-state index in [1.54, 1.807) is 24.3 Å². The van der Waals surface area contributed by atoms with E-state index in [0.717, 1.165) is 17.3 Å². The lowest BCUT2D eigenvalue weighted by Gasteiger charge is -2.06. The highest BCUT2D eigenvalue weighted by molar-refractivity contribution is 7.99. The fourth-order valence-corrected chi connectivity index (χ4v) is 3.17. The van der Waals surface area contributed by atoms with Crippen LogP contribution in [0.4, 0.5) is 10.5 Å². The Labute approximate surface area is 175 Å². The van der Waals surface area contributed by atoms with E-state index in [4.69, 9.17) is 9.47 Å². The molecule has 30 heavy (non-hydrogen) atoms. The number of carbonyl (C=O) groups excluding carboxylic acids is 2. The smallest absolute Gasteiger partial charge is 0.325 e. The largest absolute Gasteiger partial charge is 0.454 e. The van der Waals surface area contributed by atoms with Gasteiger partial charge in [-0.25, -0.2) is 9.78 Å². The van der Waals surface area contributed by atoms with E-state index in [-0.39, 0.29) is 12.5 Å². The summed E-state index contributed by atoms with van der Waals surface area (Å²) in [5.74, 6) is 1.25. The number of urea groups is 1. The van der Waals surface area contributed by atoms with Gasteiger partial charge < -0.3 is 14.8 Å². The van der Waals surface area contributed by atoms with Crippen molar-refractivity contribution in [3.05, 3.63) is 59.9 Å². The van der Waals surface area contributed by atoms with Crippen LogP contribution < -0.4 is 20.1 Å². The molecule has 3 amide bonds. The minimum atomic E-state index is -0.638. The molecule has 2 aromatic carbocycles. The number of H-pyrrole nitrogens is 1. The van der Waals surface area contributed by atoms with Crippen LogP contribution in [0, 0.1) is 0 Å². The molecule has 1 aliphatic rings. The predicted molar refractivity (Wildman–Crippen MR) is 112 cm³/mol. The van der Waals surface area contributed by atoms with Crippen molar-refractivity contribution in [3.8, 4) is 11.5 Å². The number of aromatic nitrogens is 3. The summed E-state index contributed by atoms with van der Waals surface area (Å²) in [5, 5.41) is 12.1. The van der Waals surface area contributed by atoms with Crippen LogP contribution in [0.5, 0.6) is 11.5 Å². The van der Waals surface area contributed by atoms with Crippen molar-refractivity contribution in [1.82, 2.24) is 20.5 Å². The summed E-state index contributed by atoms with van der Waals surface area (Å²) in [6, 6.07) is 14.1. The van der Waals surface area contributed by atoms with E-state index >= 15 is 0 Å². The van der Waals surface area contributed by atoms with Gasteiger partial charge in [-0.2, -0.15) is 0 Å². The van der Waals surface area contributed by atoms with Crippen LogP contribution in [0.1, 0.15) is 11.4 Å².